The average Bonchev–Trinajstić information content (AvgIpc) is 2.29. The van der Waals surface area contributed by atoms with E-state index in [2.05, 4.69) is 4.74 Å². The Labute approximate surface area is 105 Å². The van der Waals surface area contributed by atoms with Gasteiger partial charge in [-0.1, -0.05) is 11.6 Å². The highest BCUT2D eigenvalue weighted by Crippen LogP contribution is 2.33. The minimum absolute atomic E-state index is 0.0299. The van der Waals surface area contributed by atoms with Crippen LogP contribution in [0.25, 0.3) is 0 Å². The van der Waals surface area contributed by atoms with Crippen LogP contribution in [-0.4, -0.2) is 23.8 Å². The fraction of sp³-hybridized carbons (Fsp3) is 0.222. The van der Waals surface area contributed by atoms with Crippen LogP contribution >= 0.6 is 23.4 Å². The topological polar surface area (TPSA) is 69.4 Å². The smallest absolute Gasteiger partial charge is 0.315 e. The highest BCUT2D eigenvalue weighted by atomic mass is 35.5. The van der Waals surface area contributed by atoms with Gasteiger partial charge in [0, 0.05) is 6.07 Å². The molecule has 0 saturated carbocycles. The fourth-order valence-corrected chi connectivity index (χ4v) is 1.99. The van der Waals surface area contributed by atoms with Gasteiger partial charge in [0.1, 0.15) is 5.82 Å². The molecule has 0 aliphatic carbocycles. The zero-order valence-corrected chi connectivity index (χ0v) is 10.2. The number of methoxy groups -OCH3 is 1. The van der Waals surface area contributed by atoms with Gasteiger partial charge >= 0.3 is 5.97 Å². The van der Waals surface area contributed by atoms with Crippen molar-refractivity contribution < 1.29 is 18.8 Å². The van der Waals surface area contributed by atoms with Crippen LogP contribution in [-0.2, 0) is 9.53 Å². The Hall–Kier alpha value is -1.34. The first-order valence-corrected chi connectivity index (χ1v) is 5.65. The van der Waals surface area contributed by atoms with E-state index in [4.69, 9.17) is 11.6 Å². The average molecular weight is 280 g/mol. The van der Waals surface area contributed by atoms with Crippen molar-refractivity contribution >= 4 is 35.0 Å². The summed E-state index contributed by atoms with van der Waals surface area (Å²) in [6.45, 7) is 0. The molecule has 0 aromatic heterocycles. The SMILES string of the molecule is COC(=O)CSc1cc(F)c(Cl)cc1[N+](=O)[O-]. The van der Waals surface area contributed by atoms with Crippen molar-refractivity contribution in [2.24, 2.45) is 0 Å². The number of nitro benzene ring substituents is 1. The number of benzene rings is 1. The van der Waals surface area contributed by atoms with E-state index in [-0.39, 0.29) is 21.4 Å². The van der Waals surface area contributed by atoms with Gasteiger partial charge < -0.3 is 4.74 Å². The lowest BCUT2D eigenvalue weighted by Gasteiger charge is -2.03. The Kier molecular flexibility index (Phi) is 4.71. The first kappa shape index (κ1) is 13.7. The van der Waals surface area contributed by atoms with Crippen LogP contribution in [0.1, 0.15) is 0 Å². The molecule has 0 fully saturated rings. The van der Waals surface area contributed by atoms with Gasteiger partial charge in [-0.3, -0.25) is 14.9 Å². The van der Waals surface area contributed by atoms with Crippen LogP contribution in [0.4, 0.5) is 10.1 Å². The third-order valence-corrected chi connectivity index (χ3v) is 3.08. The van der Waals surface area contributed by atoms with Crippen LogP contribution in [0.5, 0.6) is 0 Å². The summed E-state index contributed by atoms with van der Waals surface area (Å²) in [4.78, 5) is 20.9. The number of rotatable bonds is 4. The summed E-state index contributed by atoms with van der Waals surface area (Å²) in [5.74, 6) is -1.47. The standard InChI is InChI=1S/C9H7ClFNO4S/c1-16-9(13)4-17-8-3-6(11)5(10)2-7(8)12(14)15/h2-3H,4H2,1H3. The van der Waals surface area contributed by atoms with Crippen LogP contribution in [0.3, 0.4) is 0 Å². The molecule has 1 aromatic rings. The summed E-state index contributed by atoms with van der Waals surface area (Å²) in [6, 6.07) is 1.84. The molecule has 0 radical (unpaired) electrons. The number of carbonyl (C=O) groups excluding carboxylic acids is 1. The predicted molar refractivity (Wildman–Crippen MR) is 60.8 cm³/mol. The molecule has 0 spiro atoms. The Bertz CT molecular complexity index is 469. The largest absolute Gasteiger partial charge is 0.468 e. The molecule has 0 bridgehead atoms. The summed E-state index contributed by atoms with van der Waals surface area (Å²) in [5, 5.41) is 10.4. The summed E-state index contributed by atoms with van der Waals surface area (Å²) >= 11 is 6.26. The van der Waals surface area contributed by atoms with Crippen LogP contribution in [0, 0.1) is 15.9 Å². The van der Waals surface area contributed by atoms with Gasteiger partial charge in [-0.2, -0.15) is 0 Å². The zero-order chi connectivity index (χ0) is 13.0. The van der Waals surface area contributed by atoms with Crippen LogP contribution < -0.4 is 0 Å². The maximum absolute atomic E-state index is 13.1. The number of nitrogens with zero attached hydrogens (tertiary/aromatic N) is 1. The Morgan fingerprint density at radius 3 is 2.82 bits per heavy atom. The van der Waals surface area contributed by atoms with E-state index in [0.717, 1.165) is 23.9 Å². The second kappa shape index (κ2) is 5.83. The Morgan fingerprint density at radius 2 is 2.29 bits per heavy atom. The van der Waals surface area contributed by atoms with Gasteiger partial charge in [-0.15, -0.1) is 11.8 Å². The molecular weight excluding hydrogens is 273 g/mol. The molecule has 0 atom stereocenters. The number of thioether (sulfide) groups is 1. The van der Waals surface area contributed by atoms with Crippen LogP contribution in [0.2, 0.25) is 5.02 Å². The van der Waals surface area contributed by atoms with Gasteiger partial charge in [0.05, 0.1) is 27.7 Å². The zero-order valence-electron chi connectivity index (χ0n) is 8.61. The molecule has 0 heterocycles. The normalized spacial score (nSPS) is 10.1. The number of carbonyl (C=O) groups is 1. The van der Waals surface area contributed by atoms with E-state index < -0.39 is 16.7 Å². The molecule has 8 heteroatoms. The van der Waals surface area contributed by atoms with Crippen molar-refractivity contribution in [2.45, 2.75) is 4.90 Å². The summed E-state index contributed by atoms with van der Waals surface area (Å²) in [6.07, 6.45) is 0. The molecule has 1 rings (SSSR count). The minimum Gasteiger partial charge on any atom is -0.468 e. The molecule has 0 saturated heterocycles. The number of nitro groups is 1. The van der Waals surface area contributed by atoms with E-state index in [9.17, 15) is 19.3 Å². The minimum atomic E-state index is -0.773. The molecule has 5 nitrogen and oxygen atoms in total. The fourth-order valence-electron chi connectivity index (χ4n) is 0.972. The van der Waals surface area contributed by atoms with E-state index >= 15 is 0 Å². The second-order valence-electron chi connectivity index (χ2n) is 2.86. The number of esters is 1. The number of halogens is 2. The van der Waals surface area contributed by atoms with Gasteiger partial charge in [-0.05, 0) is 6.07 Å². The van der Waals surface area contributed by atoms with Gasteiger partial charge in [-0.25, -0.2) is 4.39 Å². The van der Waals surface area contributed by atoms with Crippen molar-refractivity contribution in [3.63, 3.8) is 0 Å². The maximum Gasteiger partial charge on any atom is 0.315 e. The molecule has 0 aliphatic heterocycles. The molecule has 1 aromatic carbocycles. The highest BCUT2D eigenvalue weighted by Gasteiger charge is 2.19. The van der Waals surface area contributed by atoms with E-state index in [1.165, 1.54) is 7.11 Å². The van der Waals surface area contributed by atoms with Gasteiger partial charge in [0.25, 0.3) is 5.69 Å². The van der Waals surface area contributed by atoms with E-state index in [0.29, 0.717) is 0 Å². The number of hydrogen-bond acceptors (Lipinski definition) is 5. The van der Waals surface area contributed by atoms with Gasteiger partial charge in [0.2, 0.25) is 0 Å². The van der Waals surface area contributed by atoms with Crippen molar-refractivity contribution in [1.82, 2.24) is 0 Å². The molecule has 17 heavy (non-hydrogen) atoms. The lowest BCUT2D eigenvalue weighted by atomic mass is 10.3. The molecular formula is C9H7ClFNO4S. The number of hydrogen-bond donors (Lipinski definition) is 0. The number of ether oxygens (including phenoxy) is 1. The first-order valence-electron chi connectivity index (χ1n) is 4.28. The van der Waals surface area contributed by atoms with E-state index in [1.807, 2.05) is 0 Å². The third-order valence-electron chi connectivity index (χ3n) is 1.77. The van der Waals surface area contributed by atoms with Crippen molar-refractivity contribution in [3.8, 4) is 0 Å². The highest BCUT2D eigenvalue weighted by molar-refractivity contribution is 8.00. The van der Waals surface area contributed by atoms with Crippen LogP contribution in [0.15, 0.2) is 17.0 Å². The molecule has 92 valence electrons. The van der Waals surface area contributed by atoms with E-state index in [1.54, 1.807) is 0 Å². The summed E-state index contributed by atoms with van der Waals surface area (Å²) in [5.41, 5.74) is -0.342. The second-order valence-corrected chi connectivity index (χ2v) is 4.28. The Morgan fingerprint density at radius 1 is 1.65 bits per heavy atom. The quantitative estimate of drug-likeness (QED) is 0.367. The van der Waals surface area contributed by atoms with Crippen molar-refractivity contribution in [3.05, 3.63) is 33.1 Å². The predicted octanol–water partition coefficient (Wildman–Crippen LogP) is 2.65. The molecule has 0 aliphatic rings. The third kappa shape index (κ3) is 3.57. The molecule has 0 amide bonds. The summed E-state index contributed by atoms with van der Waals surface area (Å²) in [7, 11) is 1.19. The van der Waals surface area contributed by atoms with Crippen molar-refractivity contribution in [1.29, 1.82) is 0 Å². The Balaban J connectivity index is 3.00. The molecule has 0 unspecified atom stereocenters. The maximum atomic E-state index is 13.1. The lowest BCUT2D eigenvalue weighted by molar-refractivity contribution is -0.387. The first-order chi connectivity index (χ1) is 7.95. The van der Waals surface area contributed by atoms with Crippen molar-refractivity contribution in [2.75, 3.05) is 12.9 Å². The summed E-state index contributed by atoms with van der Waals surface area (Å²) < 4.78 is 17.5. The monoisotopic (exact) mass is 279 g/mol. The van der Waals surface area contributed by atoms with Gasteiger partial charge in [0.15, 0.2) is 0 Å². The lowest BCUT2D eigenvalue weighted by Crippen LogP contribution is -2.03. The molecule has 0 N–H and O–H groups in total.